The van der Waals surface area contributed by atoms with Crippen molar-refractivity contribution in [2.75, 3.05) is 0 Å². The maximum absolute atomic E-state index is 12.3. The molecule has 0 amide bonds. The highest BCUT2D eigenvalue weighted by molar-refractivity contribution is 5.99. The number of Topliss-reactive ketones (excluding diaryl/α,β-unsaturated/α-hetero) is 1. The minimum Gasteiger partial charge on any atom is -0.294 e. The summed E-state index contributed by atoms with van der Waals surface area (Å²) in [7, 11) is 0. The van der Waals surface area contributed by atoms with Crippen LogP contribution in [0.3, 0.4) is 0 Å². The number of carbonyl (C=O) groups excluding carboxylic acids is 1. The van der Waals surface area contributed by atoms with Crippen LogP contribution >= 0.6 is 0 Å². The standard InChI is InChI=1S/C17H18O/c1-13(2)15-10-6-7-11-16(15)17(18)12-14-8-4-3-5-9-14/h3-11,13H,12H2,1-2H3. The summed E-state index contributed by atoms with van der Waals surface area (Å²) in [5, 5.41) is 0. The fourth-order valence-electron chi connectivity index (χ4n) is 2.13. The second kappa shape index (κ2) is 5.63. The minimum atomic E-state index is 0.200. The van der Waals surface area contributed by atoms with Gasteiger partial charge in [-0.3, -0.25) is 4.79 Å². The first-order valence-corrected chi connectivity index (χ1v) is 6.34. The third-order valence-corrected chi connectivity index (χ3v) is 3.09. The monoisotopic (exact) mass is 238 g/mol. The Morgan fingerprint density at radius 3 is 2.22 bits per heavy atom. The van der Waals surface area contributed by atoms with Gasteiger partial charge >= 0.3 is 0 Å². The van der Waals surface area contributed by atoms with Crippen molar-refractivity contribution in [3.8, 4) is 0 Å². The molecule has 0 radical (unpaired) electrons. The van der Waals surface area contributed by atoms with Gasteiger partial charge in [-0.25, -0.2) is 0 Å². The van der Waals surface area contributed by atoms with E-state index in [1.165, 1.54) is 0 Å². The first kappa shape index (κ1) is 12.6. The van der Waals surface area contributed by atoms with Crippen LogP contribution in [0.25, 0.3) is 0 Å². The highest BCUT2D eigenvalue weighted by atomic mass is 16.1. The summed E-state index contributed by atoms with van der Waals surface area (Å²) in [6, 6.07) is 17.8. The lowest BCUT2D eigenvalue weighted by atomic mass is 9.92. The zero-order valence-electron chi connectivity index (χ0n) is 10.9. The van der Waals surface area contributed by atoms with E-state index in [0.29, 0.717) is 12.3 Å². The minimum absolute atomic E-state index is 0.200. The molecule has 0 unspecified atom stereocenters. The van der Waals surface area contributed by atoms with Gasteiger partial charge in [0, 0.05) is 12.0 Å². The van der Waals surface area contributed by atoms with Gasteiger partial charge in [0.15, 0.2) is 5.78 Å². The van der Waals surface area contributed by atoms with Crippen molar-refractivity contribution in [3.63, 3.8) is 0 Å². The highest BCUT2D eigenvalue weighted by Gasteiger charge is 2.13. The molecule has 2 aromatic rings. The number of ketones is 1. The van der Waals surface area contributed by atoms with Crippen LogP contribution in [0.15, 0.2) is 54.6 Å². The number of hydrogen-bond acceptors (Lipinski definition) is 1. The molecule has 2 rings (SSSR count). The lowest BCUT2D eigenvalue weighted by Gasteiger charge is -2.11. The number of benzene rings is 2. The largest absolute Gasteiger partial charge is 0.294 e. The average molecular weight is 238 g/mol. The third kappa shape index (κ3) is 2.86. The van der Waals surface area contributed by atoms with Gasteiger partial charge < -0.3 is 0 Å². The summed E-state index contributed by atoms with van der Waals surface area (Å²) >= 11 is 0. The molecule has 0 aromatic heterocycles. The van der Waals surface area contributed by atoms with E-state index in [9.17, 15) is 4.79 Å². The molecule has 0 spiro atoms. The summed E-state index contributed by atoms with van der Waals surface area (Å²) in [4.78, 5) is 12.3. The first-order chi connectivity index (χ1) is 8.68. The van der Waals surface area contributed by atoms with Crippen molar-refractivity contribution in [2.45, 2.75) is 26.2 Å². The molecule has 0 fully saturated rings. The molecule has 2 aromatic carbocycles. The molecule has 0 aliphatic carbocycles. The Morgan fingerprint density at radius 2 is 1.56 bits per heavy atom. The van der Waals surface area contributed by atoms with Crippen molar-refractivity contribution in [1.82, 2.24) is 0 Å². The number of hydrogen-bond donors (Lipinski definition) is 0. The Balaban J connectivity index is 2.24. The second-order valence-electron chi connectivity index (χ2n) is 4.83. The van der Waals surface area contributed by atoms with E-state index in [-0.39, 0.29) is 5.78 Å². The van der Waals surface area contributed by atoms with E-state index in [1.807, 2.05) is 54.6 Å². The molecule has 0 bridgehead atoms. The Kier molecular flexibility index (Phi) is 3.93. The topological polar surface area (TPSA) is 17.1 Å². The third-order valence-electron chi connectivity index (χ3n) is 3.09. The van der Waals surface area contributed by atoms with Crippen molar-refractivity contribution >= 4 is 5.78 Å². The summed E-state index contributed by atoms with van der Waals surface area (Å²) in [5.74, 6) is 0.575. The smallest absolute Gasteiger partial charge is 0.167 e. The van der Waals surface area contributed by atoms with E-state index < -0.39 is 0 Å². The molecule has 0 N–H and O–H groups in total. The van der Waals surface area contributed by atoms with Crippen LogP contribution in [-0.4, -0.2) is 5.78 Å². The Hall–Kier alpha value is -1.89. The van der Waals surface area contributed by atoms with Gasteiger partial charge in [0.1, 0.15) is 0 Å². The lowest BCUT2D eigenvalue weighted by Crippen LogP contribution is -2.07. The summed E-state index contributed by atoms with van der Waals surface area (Å²) in [6.07, 6.45) is 0.477. The molecule has 0 saturated carbocycles. The maximum Gasteiger partial charge on any atom is 0.167 e. The van der Waals surface area contributed by atoms with Gasteiger partial charge in [-0.05, 0) is 17.0 Å². The molecule has 1 nitrogen and oxygen atoms in total. The van der Waals surface area contributed by atoms with Crippen LogP contribution in [0.5, 0.6) is 0 Å². The zero-order valence-corrected chi connectivity index (χ0v) is 10.9. The Bertz CT molecular complexity index is 526. The molecule has 0 saturated heterocycles. The molecular weight excluding hydrogens is 220 g/mol. The number of rotatable bonds is 4. The lowest BCUT2D eigenvalue weighted by molar-refractivity contribution is 0.0991. The van der Waals surface area contributed by atoms with Crippen LogP contribution in [0.1, 0.15) is 41.3 Å². The molecule has 0 aliphatic rings. The maximum atomic E-state index is 12.3. The van der Waals surface area contributed by atoms with Crippen molar-refractivity contribution in [2.24, 2.45) is 0 Å². The summed E-state index contributed by atoms with van der Waals surface area (Å²) in [6.45, 7) is 4.24. The fraction of sp³-hybridized carbons (Fsp3) is 0.235. The van der Waals surface area contributed by atoms with E-state index in [0.717, 1.165) is 16.7 Å². The van der Waals surface area contributed by atoms with E-state index >= 15 is 0 Å². The molecule has 1 heteroatoms. The Morgan fingerprint density at radius 1 is 0.944 bits per heavy atom. The van der Waals surface area contributed by atoms with Gasteiger partial charge in [0.05, 0.1) is 0 Å². The van der Waals surface area contributed by atoms with Gasteiger partial charge in [0.25, 0.3) is 0 Å². The van der Waals surface area contributed by atoms with Crippen LogP contribution in [0.2, 0.25) is 0 Å². The SMILES string of the molecule is CC(C)c1ccccc1C(=O)Cc1ccccc1. The molecule has 0 atom stereocenters. The van der Waals surface area contributed by atoms with E-state index in [2.05, 4.69) is 13.8 Å². The van der Waals surface area contributed by atoms with Crippen molar-refractivity contribution < 1.29 is 4.79 Å². The zero-order chi connectivity index (χ0) is 13.0. The second-order valence-corrected chi connectivity index (χ2v) is 4.83. The van der Waals surface area contributed by atoms with Crippen LogP contribution < -0.4 is 0 Å². The molecule has 18 heavy (non-hydrogen) atoms. The predicted molar refractivity (Wildman–Crippen MR) is 75.0 cm³/mol. The van der Waals surface area contributed by atoms with E-state index in [1.54, 1.807) is 0 Å². The predicted octanol–water partition coefficient (Wildman–Crippen LogP) is 4.24. The van der Waals surface area contributed by atoms with Gasteiger partial charge in [0.2, 0.25) is 0 Å². The van der Waals surface area contributed by atoms with Gasteiger partial charge in [-0.1, -0.05) is 68.4 Å². The van der Waals surface area contributed by atoms with Crippen LogP contribution in [0.4, 0.5) is 0 Å². The molecule has 0 heterocycles. The van der Waals surface area contributed by atoms with Gasteiger partial charge in [-0.15, -0.1) is 0 Å². The van der Waals surface area contributed by atoms with Crippen molar-refractivity contribution in [3.05, 3.63) is 71.3 Å². The van der Waals surface area contributed by atoms with Gasteiger partial charge in [-0.2, -0.15) is 0 Å². The summed E-state index contributed by atoms with van der Waals surface area (Å²) in [5.41, 5.74) is 3.07. The highest BCUT2D eigenvalue weighted by Crippen LogP contribution is 2.20. The molecule has 92 valence electrons. The molecular formula is C17H18O. The Labute approximate surface area is 108 Å². The normalized spacial score (nSPS) is 10.6. The quantitative estimate of drug-likeness (QED) is 0.728. The fourth-order valence-corrected chi connectivity index (χ4v) is 2.13. The molecule has 0 aliphatic heterocycles. The average Bonchev–Trinajstić information content (AvgIpc) is 2.40. The van der Waals surface area contributed by atoms with Crippen LogP contribution in [0, 0.1) is 0 Å². The number of carbonyl (C=O) groups is 1. The van der Waals surface area contributed by atoms with E-state index in [4.69, 9.17) is 0 Å². The first-order valence-electron chi connectivity index (χ1n) is 6.34. The van der Waals surface area contributed by atoms with Crippen molar-refractivity contribution in [1.29, 1.82) is 0 Å². The summed E-state index contributed by atoms with van der Waals surface area (Å²) < 4.78 is 0. The van der Waals surface area contributed by atoms with Crippen LogP contribution in [-0.2, 0) is 6.42 Å².